The SMILES string of the molecule is COCCn1cc(NC(=O)C2NCCC2C)cn1. The third-order valence-corrected chi connectivity index (χ3v) is 3.24. The third-order valence-electron chi connectivity index (χ3n) is 3.24. The monoisotopic (exact) mass is 252 g/mol. The van der Waals surface area contributed by atoms with Crippen molar-refractivity contribution in [1.29, 1.82) is 0 Å². The van der Waals surface area contributed by atoms with Gasteiger partial charge in [-0.15, -0.1) is 0 Å². The molecule has 2 atom stereocenters. The van der Waals surface area contributed by atoms with E-state index in [0.717, 1.165) is 18.7 Å². The van der Waals surface area contributed by atoms with Gasteiger partial charge in [0.1, 0.15) is 0 Å². The zero-order chi connectivity index (χ0) is 13.0. The molecule has 0 aromatic carbocycles. The summed E-state index contributed by atoms with van der Waals surface area (Å²) in [6.07, 6.45) is 4.52. The van der Waals surface area contributed by atoms with Gasteiger partial charge in [-0.25, -0.2) is 0 Å². The summed E-state index contributed by atoms with van der Waals surface area (Å²) in [4.78, 5) is 12.0. The minimum Gasteiger partial charge on any atom is -0.383 e. The fourth-order valence-electron chi connectivity index (χ4n) is 2.14. The first-order chi connectivity index (χ1) is 8.70. The second-order valence-corrected chi connectivity index (χ2v) is 4.67. The normalized spacial score (nSPS) is 23.2. The highest BCUT2D eigenvalue weighted by Crippen LogP contribution is 2.16. The van der Waals surface area contributed by atoms with Crippen molar-refractivity contribution in [3.63, 3.8) is 0 Å². The molecule has 0 saturated carbocycles. The number of anilines is 1. The average molecular weight is 252 g/mol. The molecule has 1 amide bonds. The first kappa shape index (κ1) is 13.0. The molecule has 1 aliphatic heterocycles. The number of hydrogen-bond donors (Lipinski definition) is 2. The molecule has 0 radical (unpaired) electrons. The molecule has 1 aromatic heterocycles. The average Bonchev–Trinajstić information content (AvgIpc) is 2.95. The summed E-state index contributed by atoms with van der Waals surface area (Å²) in [6, 6.07) is -0.0904. The van der Waals surface area contributed by atoms with Gasteiger partial charge in [-0.2, -0.15) is 5.10 Å². The predicted octanol–water partition coefficient (Wildman–Crippen LogP) is 0.466. The van der Waals surface area contributed by atoms with Crippen LogP contribution in [0.1, 0.15) is 13.3 Å². The van der Waals surface area contributed by atoms with Gasteiger partial charge in [0.25, 0.3) is 0 Å². The largest absolute Gasteiger partial charge is 0.383 e. The molecule has 1 aliphatic rings. The topological polar surface area (TPSA) is 68.2 Å². The Morgan fingerprint density at radius 3 is 3.22 bits per heavy atom. The number of methoxy groups -OCH3 is 1. The van der Waals surface area contributed by atoms with E-state index >= 15 is 0 Å². The summed E-state index contributed by atoms with van der Waals surface area (Å²) < 4.78 is 6.73. The van der Waals surface area contributed by atoms with Crippen molar-refractivity contribution >= 4 is 11.6 Å². The maximum absolute atomic E-state index is 12.0. The maximum Gasteiger partial charge on any atom is 0.241 e. The highest BCUT2D eigenvalue weighted by atomic mass is 16.5. The molecule has 2 rings (SSSR count). The molecule has 18 heavy (non-hydrogen) atoms. The van der Waals surface area contributed by atoms with Crippen LogP contribution in [0.15, 0.2) is 12.4 Å². The van der Waals surface area contributed by atoms with E-state index in [1.165, 1.54) is 0 Å². The summed E-state index contributed by atoms with van der Waals surface area (Å²) in [5, 5.41) is 10.2. The number of aromatic nitrogens is 2. The maximum atomic E-state index is 12.0. The number of nitrogens with one attached hydrogen (secondary N) is 2. The molecule has 1 aromatic rings. The fraction of sp³-hybridized carbons (Fsp3) is 0.667. The molecule has 100 valence electrons. The molecule has 0 aliphatic carbocycles. The molecule has 6 nitrogen and oxygen atoms in total. The van der Waals surface area contributed by atoms with Gasteiger partial charge in [-0.1, -0.05) is 6.92 Å². The molecule has 2 unspecified atom stereocenters. The van der Waals surface area contributed by atoms with Crippen molar-refractivity contribution in [2.24, 2.45) is 5.92 Å². The molecule has 2 N–H and O–H groups in total. The zero-order valence-electron chi connectivity index (χ0n) is 10.8. The first-order valence-electron chi connectivity index (χ1n) is 6.26. The minimum atomic E-state index is -0.0904. The summed E-state index contributed by atoms with van der Waals surface area (Å²) in [7, 11) is 1.65. The standard InChI is InChI=1S/C12H20N4O2/c1-9-3-4-13-11(9)12(17)15-10-7-14-16(8-10)5-6-18-2/h7-9,11,13H,3-6H2,1-2H3,(H,15,17). The quantitative estimate of drug-likeness (QED) is 0.799. The van der Waals surface area contributed by atoms with Gasteiger partial charge in [-0.05, 0) is 18.9 Å². The van der Waals surface area contributed by atoms with Crippen molar-refractivity contribution in [1.82, 2.24) is 15.1 Å². The van der Waals surface area contributed by atoms with Crippen LogP contribution in [0.2, 0.25) is 0 Å². The van der Waals surface area contributed by atoms with Crippen molar-refractivity contribution < 1.29 is 9.53 Å². The highest BCUT2D eigenvalue weighted by molar-refractivity contribution is 5.95. The Labute approximate surface area is 107 Å². The molecule has 6 heteroatoms. The van der Waals surface area contributed by atoms with E-state index in [2.05, 4.69) is 22.7 Å². The lowest BCUT2D eigenvalue weighted by atomic mass is 10.0. The van der Waals surface area contributed by atoms with Crippen molar-refractivity contribution in [2.45, 2.75) is 25.9 Å². The Bertz CT molecular complexity index is 405. The number of carbonyl (C=O) groups is 1. The number of carbonyl (C=O) groups excluding carboxylic acids is 1. The van der Waals surface area contributed by atoms with Crippen LogP contribution in [0.3, 0.4) is 0 Å². The molecule has 1 fully saturated rings. The summed E-state index contributed by atoms with van der Waals surface area (Å²) in [5.41, 5.74) is 0.733. The third kappa shape index (κ3) is 3.08. The van der Waals surface area contributed by atoms with Gasteiger partial charge >= 0.3 is 0 Å². The zero-order valence-corrected chi connectivity index (χ0v) is 10.8. The van der Waals surface area contributed by atoms with Gasteiger partial charge in [0.05, 0.1) is 31.1 Å². The minimum absolute atomic E-state index is 0.0197. The highest BCUT2D eigenvalue weighted by Gasteiger charge is 2.29. The van der Waals surface area contributed by atoms with Gasteiger partial charge in [0.2, 0.25) is 5.91 Å². The van der Waals surface area contributed by atoms with E-state index in [9.17, 15) is 4.79 Å². The number of amides is 1. The van der Waals surface area contributed by atoms with Gasteiger partial charge in [0, 0.05) is 13.3 Å². The second-order valence-electron chi connectivity index (χ2n) is 4.67. The molecular weight excluding hydrogens is 232 g/mol. The van der Waals surface area contributed by atoms with Crippen molar-refractivity contribution in [3.8, 4) is 0 Å². The molecule has 0 bridgehead atoms. The predicted molar refractivity (Wildman–Crippen MR) is 68.3 cm³/mol. The molecule has 1 saturated heterocycles. The van der Waals surface area contributed by atoms with E-state index in [0.29, 0.717) is 19.1 Å². The van der Waals surface area contributed by atoms with Crippen LogP contribution < -0.4 is 10.6 Å². The molecular formula is C12H20N4O2. The Morgan fingerprint density at radius 1 is 1.72 bits per heavy atom. The van der Waals surface area contributed by atoms with Gasteiger partial charge in [0.15, 0.2) is 0 Å². The lowest BCUT2D eigenvalue weighted by molar-refractivity contribution is -0.118. The van der Waals surface area contributed by atoms with Crippen LogP contribution >= 0.6 is 0 Å². The summed E-state index contributed by atoms with van der Waals surface area (Å²) in [5.74, 6) is 0.403. The van der Waals surface area contributed by atoms with Gasteiger partial charge in [-0.3, -0.25) is 9.48 Å². The van der Waals surface area contributed by atoms with E-state index in [-0.39, 0.29) is 11.9 Å². The Balaban J connectivity index is 1.88. The van der Waals surface area contributed by atoms with Crippen LogP contribution in [0, 0.1) is 5.92 Å². The number of nitrogens with zero attached hydrogens (tertiary/aromatic N) is 2. The molecule has 0 spiro atoms. The van der Waals surface area contributed by atoms with E-state index < -0.39 is 0 Å². The van der Waals surface area contributed by atoms with E-state index in [4.69, 9.17) is 4.74 Å². The van der Waals surface area contributed by atoms with E-state index in [1.54, 1.807) is 18.0 Å². The summed E-state index contributed by atoms with van der Waals surface area (Å²) >= 11 is 0. The van der Waals surface area contributed by atoms with E-state index in [1.807, 2.05) is 6.20 Å². The van der Waals surface area contributed by atoms with Crippen LogP contribution in [0.5, 0.6) is 0 Å². The smallest absolute Gasteiger partial charge is 0.241 e. The Hall–Kier alpha value is -1.40. The number of ether oxygens (including phenoxy) is 1. The van der Waals surface area contributed by atoms with Crippen LogP contribution in [0.25, 0.3) is 0 Å². The lowest BCUT2D eigenvalue weighted by Gasteiger charge is -2.14. The summed E-state index contributed by atoms with van der Waals surface area (Å²) in [6.45, 7) is 4.29. The lowest BCUT2D eigenvalue weighted by Crippen LogP contribution is -2.38. The van der Waals surface area contributed by atoms with Crippen LogP contribution in [-0.4, -0.2) is 42.0 Å². The van der Waals surface area contributed by atoms with Crippen LogP contribution in [0.4, 0.5) is 5.69 Å². The first-order valence-corrected chi connectivity index (χ1v) is 6.26. The number of rotatable bonds is 5. The van der Waals surface area contributed by atoms with Crippen molar-refractivity contribution in [2.75, 3.05) is 25.6 Å². The van der Waals surface area contributed by atoms with Crippen LogP contribution in [-0.2, 0) is 16.1 Å². The molecule has 2 heterocycles. The Morgan fingerprint density at radius 2 is 2.56 bits per heavy atom. The fourth-order valence-corrected chi connectivity index (χ4v) is 2.14. The second kappa shape index (κ2) is 5.97. The van der Waals surface area contributed by atoms with Gasteiger partial charge < -0.3 is 15.4 Å². The van der Waals surface area contributed by atoms with Crippen molar-refractivity contribution in [3.05, 3.63) is 12.4 Å². The number of hydrogen-bond acceptors (Lipinski definition) is 4. The Kier molecular flexibility index (Phi) is 4.33.